The smallest absolute Gasteiger partial charge is 0.339 e. The Morgan fingerprint density at radius 1 is 1.15 bits per heavy atom. The van der Waals surface area contributed by atoms with Crippen LogP contribution in [0.4, 0.5) is 0 Å². The van der Waals surface area contributed by atoms with Crippen LogP contribution >= 0.6 is 0 Å². The van der Waals surface area contributed by atoms with Crippen molar-refractivity contribution in [2.45, 2.75) is 26.8 Å². The molecule has 0 fully saturated rings. The Hall–Kier alpha value is -3.05. The monoisotopic (exact) mass is 353 g/mol. The van der Waals surface area contributed by atoms with Crippen molar-refractivity contribution in [3.8, 4) is 5.75 Å². The van der Waals surface area contributed by atoms with E-state index in [0.29, 0.717) is 24.3 Å². The number of para-hydroxylation sites is 1. The molecule has 5 heteroatoms. The van der Waals surface area contributed by atoms with Crippen LogP contribution in [-0.2, 0) is 6.54 Å². The van der Waals surface area contributed by atoms with Gasteiger partial charge in [0.15, 0.2) is 0 Å². The first kappa shape index (κ1) is 19.3. The highest BCUT2D eigenvalue weighted by Gasteiger charge is 2.13. The van der Waals surface area contributed by atoms with E-state index >= 15 is 0 Å². The molecule has 0 amide bonds. The second-order valence-corrected chi connectivity index (χ2v) is 5.77. The Bertz CT molecular complexity index is 849. The van der Waals surface area contributed by atoms with Crippen LogP contribution in [0, 0.1) is 0 Å². The molecule has 0 unspecified atom stereocenters. The molecule has 2 aromatic rings. The molecule has 0 spiro atoms. The molecule has 0 atom stereocenters. The second-order valence-electron chi connectivity index (χ2n) is 5.77. The fourth-order valence-electron chi connectivity index (χ4n) is 2.50. The molecule has 136 valence electrons. The highest BCUT2D eigenvalue weighted by molar-refractivity contribution is 5.90. The summed E-state index contributed by atoms with van der Waals surface area (Å²) in [5.41, 5.74) is 8.15. The minimum absolute atomic E-state index is 0.0863. The quantitative estimate of drug-likeness (QED) is 0.503. The van der Waals surface area contributed by atoms with E-state index in [0.717, 1.165) is 11.1 Å². The van der Waals surface area contributed by atoms with Gasteiger partial charge in [0.1, 0.15) is 17.1 Å². The fourth-order valence-corrected chi connectivity index (χ4v) is 2.50. The van der Waals surface area contributed by atoms with Gasteiger partial charge in [-0.3, -0.25) is 0 Å². The van der Waals surface area contributed by atoms with Crippen LogP contribution in [0.25, 0.3) is 5.57 Å². The van der Waals surface area contributed by atoms with Crippen molar-refractivity contribution in [2.75, 3.05) is 0 Å². The number of aromatic carboxylic acids is 1. The molecule has 4 N–H and O–H groups in total. The number of aliphatic hydroxyl groups is 1. The zero-order valence-corrected chi connectivity index (χ0v) is 14.9. The number of allylic oxidation sites excluding steroid dienone is 4. The Labute approximate surface area is 153 Å². The molecule has 0 saturated carbocycles. The molecule has 0 bridgehead atoms. The van der Waals surface area contributed by atoms with Crippen molar-refractivity contribution in [3.63, 3.8) is 0 Å². The highest BCUT2D eigenvalue weighted by Crippen LogP contribution is 2.26. The van der Waals surface area contributed by atoms with E-state index in [1.54, 1.807) is 31.2 Å². The molecule has 0 aliphatic carbocycles. The van der Waals surface area contributed by atoms with Crippen molar-refractivity contribution < 1.29 is 19.7 Å². The van der Waals surface area contributed by atoms with Gasteiger partial charge in [0.2, 0.25) is 0 Å². The normalized spacial score (nSPS) is 12.5. The van der Waals surface area contributed by atoms with E-state index in [1.165, 1.54) is 6.07 Å². The maximum atomic E-state index is 11.4. The molecule has 0 aromatic heterocycles. The minimum Gasteiger partial charge on any atom is -0.512 e. The minimum atomic E-state index is -1.05. The summed E-state index contributed by atoms with van der Waals surface area (Å²) in [5.74, 6) is -0.111. The predicted molar refractivity (Wildman–Crippen MR) is 102 cm³/mol. The summed E-state index contributed by atoms with van der Waals surface area (Å²) < 4.78 is 5.83. The lowest BCUT2D eigenvalue weighted by molar-refractivity contribution is 0.0693. The van der Waals surface area contributed by atoms with Crippen LogP contribution in [-0.4, -0.2) is 16.2 Å². The van der Waals surface area contributed by atoms with Gasteiger partial charge in [0.05, 0.1) is 5.76 Å². The SMILES string of the molecule is CC/C(=C\C(=C(/C)O)c1cccc(CN)c1)Oc1ccccc1C(=O)O. The van der Waals surface area contributed by atoms with E-state index in [2.05, 4.69) is 0 Å². The summed E-state index contributed by atoms with van der Waals surface area (Å²) >= 11 is 0. The molecular formula is C21H23NO4. The van der Waals surface area contributed by atoms with E-state index in [-0.39, 0.29) is 17.1 Å². The third-order valence-corrected chi connectivity index (χ3v) is 3.88. The molecule has 0 aliphatic heterocycles. The number of carboxylic acid groups (broad SMARTS) is 1. The lowest BCUT2D eigenvalue weighted by Gasteiger charge is -2.13. The van der Waals surface area contributed by atoms with Crippen LogP contribution in [0.2, 0.25) is 0 Å². The van der Waals surface area contributed by atoms with Gasteiger partial charge in [-0.25, -0.2) is 4.79 Å². The third-order valence-electron chi connectivity index (χ3n) is 3.88. The van der Waals surface area contributed by atoms with Crippen molar-refractivity contribution in [1.29, 1.82) is 0 Å². The number of ether oxygens (including phenoxy) is 1. The van der Waals surface area contributed by atoms with Crippen LogP contribution in [0.5, 0.6) is 5.75 Å². The molecule has 2 rings (SSSR count). The summed E-state index contributed by atoms with van der Waals surface area (Å²) in [7, 11) is 0. The van der Waals surface area contributed by atoms with Crippen molar-refractivity contribution in [3.05, 3.63) is 82.8 Å². The van der Waals surface area contributed by atoms with Crippen molar-refractivity contribution in [2.24, 2.45) is 5.73 Å². The molecule has 26 heavy (non-hydrogen) atoms. The van der Waals surface area contributed by atoms with Gasteiger partial charge >= 0.3 is 5.97 Å². The number of carbonyl (C=O) groups is 1. The summed E-state index contributed by atoms with van der Waals surface area (Å²) in [6.45, 7) is 3.90. The average Bonchev–Trinajstić information content (AvgIpc) is 2.64. The van der Waals surface area contributed by atoms with Crippen LogP contribution < -0.4 is 10.5 Å². The third kappa shape index (κ3) is 4.74. The van der Waals surface area contributed by atoms with E-state index in [4.69, 9.17) is 10.5 Å². The summed E-state index contributed by atoms with van der Waals surface area (Å²) in [6, 6.07) is 14.0. The number of rotatable bonds is 7. The molecular weight excluding hydrogens is 330 g/mol. The van der Waals surface area contributed by atoms with Crippen LogP contribution in [0.1, 0.15) is 41.8 Å². The predicted octanol–water partition coefficient (Wildman–Crippen LogP) is 4.51. The van der Waals surface area contributed by atoms with Gasteiger partial charge in [0, 0.05) is 18.5 Å². The van der Waals surface area contributed by atoms with E-state index in [1.807, 2.05) is 31.2 Å². The molecule has 0 heterocycles. The Morgan fingerprint density at radius 3 is 2.50 bits per heavy atom. The van der Waals surface area contributed by atoms with Gasteiger partial charge in [-0.05, 0) is 42.3 Å². The zero-order chi connectivity index (χ0) is 19.1. The maximum absolute atomic E-state index is 11.4. The van der Waals surface area contributed by atoms with Crippen LogP contribution in [0.15, 0.2) is 66.1 Å². The lowest BCUT2D eigenvalue weighted by Crippen LogP contribution is -2.03. The first-order valence-corrected chi connectivity index (χ1v) is 8.36. The summed E-state index contributed by atoms with van der Waals surface area (Å²) in [4.78, 5) is 11.4. The first-order valence-electron chi connectivity index (χ1n) is 8.36. The largest absolute Gasteiger partial charge is 0.512 e. The highest BCUT2D eigenvalue weighted by atomic mass is 16.5. The number of aliphatic hydroxyl groups excluding tert-OH is 1. The number of benzene rings is 2. The number of nitrogens with two attached hydrogens (primary N) is 1. The van der Waals surface area contributed by atoms with E-state index < -0.39 is 5.97 Å². The van der Waals surface area contributed by atoms with Gasteiger partial charge in [-0.15, -0.1) is 0 Å². The van der Waals surface area contributed by atoms with Gasteiger partial charge in [-0.2, -0.15) is 0 Å². The van der Waals surface area contributed by atoms with Crippen LogP contribution in [0.3, 0.4) is 0 Å². The molecule has 5 nitrogen and oxygen atoms in total. The summed E-state index contributed by atoms with van der Waals surface area (Å²) in [5, 5.41) is 19.4. The molecule has 0 saturated heterocycles. The summed E-state index contributed by atoms with van der Waals surface area (Å²) in [6.07, 6.45) is 2.25. The first-order chi connectivity index (χ1) is 12.5. The second kappa shape index (κ2) is 8.87. The Kier molecular flexibility index (Phi) is 6.58. The molecule has 0 aliphatic rings. The zero-order valence-electron chi connectivity index (χ0n) is 14.9. The molecule has 0 radical (unpaired) electrons. The number of hydrogen-bond donors (Lipinski definition) is 3. The number of hydrogen-bond acceptors (Lipinski definition) is 4. The standard InChI is InChI=1S/C21H23NO4/c1-3-17(26-20-10-5-4-9-18(20)21(24)25)12-19(14(2)23)16-8-6-7-15(11-16)13-22/h4-12,23H,3,13,22H2,1-2H3,(H,24,25)/b17-12+,19-14-. The van der Waals surface area contributed by atoms with Gasteiger partial charge < -0.3 is 20.7 Å². The Morgan fingerprint density at radius 2 is 1.88 bits per heavy atom. The van der Waals surface area contributed by atoms with Crippen molar-refractivity contribution >= 4 is 11.5 Å². The van der Waals surface area contributed by atoms with Gasteiger partial charge in [0.25, 0.3) is 0 Å². The fraction of sp³-hybridized carbons (Fsp3) is 0.190. The molecule has 2 aromatic carbocycles. The lowest BCUT2D eigenvalue weighted by atomic mass is 10.0. The van der Waals surface area contributed by atoms with Gasteiger partial charge in [-0.1, -0.05) is 37.3 Å². The maximum Gasteiger partial charge on any atom is 0.339 e. The van der Waals surface area contributed by atoms with Crippen molar-refractivity contribution in [1.82, 2.24) is 0 Å². The number of carboxylic acids is 1. The average molecular weight is 353 g/mol. The Balaban J connectivity index is 2.42. The topological polar surface area (TPSA) is 92.8 Å². The van der Waals surface area contributed by atoms with E-state index in [9.17, 15) is 15.0 Å².